The molecule has 2 fully saturated rings. The van der Waals surface area contributed by atoms with Crippen molar-refractivity contribution >= 4 is 66.9 Å². The van der Waals surface area contributed by atoms with Gasteiger partial charge in [-0.15, -0.1) is 0 Å². The predicted octanol–water partition coefficient (Wildman–Crippen LogP) is 6.24. The normalized spacial score (nSPS) is 17.0. The molecule has 2 atom stereocenters. The largest absolute Gasteiger partial charge is 0.375 e. The van der Waals surface area contributed by atoms with E-state index in [2.05, 4.69) is 15.6 Å². The standard InChI is InChI=1S/C43H42N8O4S/c1-2-22-49(43(55)45-24-29-10-4-3-5-11-29)50-27-38(52)51-35(41(54)48(26-37(50)51)25-31-14-9-17-36-39(31)47-42(44)56-36)23-28-18-20-32(21-19-28)46-40(53)34-16-8-13-30-12-6-7-15-33(30)34/h3-21,35,37H,2,22-27H2,1H3,(H2,44,47)(H,45,55)(H,46,53)/t35-,37+/m0/s1. The van der Waals surface area contributed by atoms with Gasteiger partial charge in [0.25, 0.3) is 5.91 Å². The summed E-state index contributed by atoms with van der Waals surface area (Å²) in [5.74, 6) is -0.640. The van der Waals surface area contributed by atoms with Crippen molar-refractivity contribution in [3.63, 3.8) is 0 Å². The van der Waals surface area contributed by atoms with Crippen LogP contribution in [0.4, 0.5) is 15.6 Å². The number of piperazine rings is 1. The van der Waals surface area contributed by atoms with E-state index in [9.17, 15) is 19.2 Å². The lowest BCUT2D eigenvalue weighted by Crippen LogP contribution is -2.66. The number of benzene rings is 5. The van der Waals surface area contributed by atoms with Crippen molar-refractivity contribution in [1.29, 1.82) is 0 Å². The van der Waals surface area contributed by atoms with Crippen LogP contribution in [-0.2, 0) is 29.1 Å². The van der Waals surface area contributed by atoms with Crippen LogP contribution in [0.1, 0.15) is 40.4 Å². The zero-order chi connectivity index (χ0) is 38.8. The number of hydrazine groups is 1. The van der Waals surface area contributed by atoms with Crippen molar-refractivity contribution in [2.24, 2.45) is 0 Å². The molecule has 0 spiro atoms. The van der Waals surface area contributed by atoms with Gasteiger partial charge in [-0.25, -0.2) is 9.78 Å². The van der Waals surface area contributed by atoms with Crippen molar-refractivity contribution in [2.45, 2.75) is 45.1 Å². The summed E-state index contributed by atoms with van der Waals surface area (Å²) in [7, 11) is 0. The summed E-state index contributed by atoms with van der Waals surface area (Å²) in [5.41, 5.74) is 10.6. The van der Waals surface area contributed by atoms with Crippen LogP contribution in [0.15, 0.2) is 115 Å². The van der Waals surface area contributed by atoms with Crippen LogP contribution in [0.2, 0.25) is 0 Å². The minimum absolute atomic E-state index is 0.0433. The first-order chi connectivity index (χ1) is 27.3. The third-order valence-electron chi connectivity index (χ3n) is 10.4. The van der Waals surface area contributed by atoms with Crippen molar-refractivity contribution < 1.29 is 19.2 Å². The summed E-state index contributed by atoms with van der Waals surface area (Å²) in [6, 6.07) is 35.1. The number of hydrogen-bond acceptors (Lipinski definition) is 8. The Labute approximate surface area is 328 Å². The molecule has 56 heavy (non-hydrogen) atoms. The number of fused-ring (bicyclic) bond motifs is 3. The molecule has 12 nitrogen and oxygen atoms in total. The number of urea groups is 1. The second-order valence-electron chi connectivity index (χ2n) is 14.1. The van der Waals surface area contributed by atoms with Gasteiger partial charge >= 0.3 is 6.03 Å². The number of nitrogens with one attached hydrogen (secondary N) is 2. The lowest BCUT2D eigenvalue weighted by molar-refractivity contribution is -0.157. The number of nitrogen functional groups attached to an aromatic ring is 1. The van der Waals surface area contributed by atoms with Gasteiger partial charge in [0.15, 0.2) is 5.13 Å². The number of aromatic nitrogens is 1. The molecule has 13 heteroatoms. The van der Waals surface area contributed by atoms with Crippen molar-refractivity contribution in [2.75, 3.05) is 30.7 Å². The molecule has 2 saturated heterocycles. The summed E-state index contributed by atoms with van der Waals surface area (Å²) in [6.45, 7) is 3.12. The van der Waals surface area contributed by atoms with E-state index in [1.165, 1.54) is 11.3 Å². The van der Waals surface area contributed by atoms with Crippen molar-refractivity contribution in [1.82, 2.24) is 30.1 Å². The number of thiazole rings is 1. The number of carbonyl (C=O) groups excluding carboxylic acids is 4. The first-order valence-electron chi connectivity index (χ1n) is 18.7. The fourth-order valence-corrected chi connectivity index (χ4v) is 8.52. The molecule has 0 bridgehead atoms. The van der Waals surface area contributed by atoms with Gasteiger partial charge in [0.05, 0.1) is 23.3 Å². The van der Waals surface area contributed by atoms with Gasteiger partial charge in [-0.05, 0) is 58.1 Å². The number of carbonyl (C=O) groups is 4. The Kier molecular flexibility index (Phi) is 10.3. The van der Waals surface area contributed by atoms with Gasteiger partial charge < -0.3 is 26.2 Å². The first kappa shape index (κ1) is 36.7. The minimum atomic E-state index is -0.835. The van der Waals surface area contributed by atoms with E-state index in [0.29, 0.717) is 35.9 Å². The highest BCUT2D eigenvalue weighted by Crippen LogP contribution is 2.33. The molecule has 284 valence electrons. The molecule has 5 aromatic carbocycles. The molecular formula is C43H42N8O4S. The van der Waals surface area contributed by atoms with Crippen LogP contribution >= 0.6 is 11.3 Å². The second kappa shape index (κ2) is 15.8. The number of hydrogen-bond donors (Lipinski definition) is 3. The first-order valence-corrected chi connectivity index (χ1v) is 19.6. The Morgan fingerprint density at radius 1 is 0.893 bits per heavy atom. The van der Waals surface area contributed by atoms with E-state index < -0.39 is 12.2 Å². The molecule has 4 N–H and O–H groups in total. The molecule has 5 amide bonds. The Bertz CT molecular complexity index is 2420. The topological polar surface area (TPSA) is 144 Å². The van der Waals surface area contributed by atoms with E-state index in [1.54, 1.807) is 20.9 Å². The third kappa shape index (κ3) is 7.38. The van der Waals surface area contributed by atoms with Crippen LogP contribution < -0.4 is 16.4 Å². The zero-order valence-corrected chi connectivity index (χ0v) is 31.7. The van der Waals surface area contributed by atoms with E-state index >= 15 is 0 Å². The molecular weight excluding hydrogens is 725 g/mol. The smallest absolute Gasteiger partial charge is 0.332 e. The molecule has 0 saturated carbocycles. The molecule has 0 unspecified atom stereocenters. The fourth-order valence-electron chi connectivity index (χ4n) is 7.74. The molecule has 1 aromatic heterocycles. The van der Waals surface area contributed by atoms with E-state index in [1.807, 2.05) is 121 Å². The number of nitrogens with zero attached hydrogens (tertiary/aromatic N) is 5. The van der Waals surface area contributed by atoms with Crippen LogP contribution in [0.3, 0.4) is 0 Å². The number of amides is 5. The third-order valence-corrected chi connectivity index (χ3v) is 11.2. The number of nitrogens with two attached hydrogens (primary N) is 1. The minimum Gasteiger partial charge on any atom is -0.375 e. The molecule has 3 heterocycles. The van der Waals surface area contributed by atoms with Gasteiger partial charge in [-0.2, -0.15) is 5.01 Å². The lowest BCUT2D eigenvalue weighted by Gasteiger charge is -2.46. The Balaban J connectivity index is 1.06. The maximum Gasteiger partial charge on any atom is 0.332 e. The quantitative estimate of drug-likeness (QED) is 0.142. The fraction of sp³-hybridized carbons (Fsp3) is 0.233. The SMILES string of the molecule is CCCN(C(=O)NCc1ccccc1)N1CC(=O)N2[C@@H](Cc3ccc(NC(=O)c4cccc5ccccc45)cc3)C(=O)N(Cc3cccc4sc(N)nc34)C[C@@H]21. The van der Waals surface area contributed by atoms with E-state index in [-0.39, 0.29) is 49.8 Å². The number of rotatable bonds is 11. The highest BCUT2D eigenvalue weighted by atomic mass is 32.1. The molecule has 8 rings (SSSR count). The molecule has 2 aliphatic rings. The highest BCUT2D eigenvalue weighted by molar-refractivity contribution is 7.22. The monoisotopic (exact) mass is 766 g/mol. The average molecular weight is 767 g/mol. The molecule has 0 aliphatic carbocycles. The Morgan fingerprint density at radius 3 is 2.45 bits per heavy atom. The molecule has 6 aromatic rings. The molecule has 0 radical (unpaired) electrons. The summed E-state index contributed by atoms with van der Waals surface area (Å²) < 4.78 is 0.928. The maximum atomic E-state index is 14.6. The molecule has 2 aliphatic heterocycles. The van der Waals surface area contributed by atoms with Gasteiger partial charge in [0.2, 0.25) is 11.8 Å². The number of anilines is 2. The summed E-state index contributed by atoms with van der Waals surface area (Å²) >= 11 is 1.39. The van der Waals surface area contributed by atoms with Gasteiger partial charge in [-0.3, -0.25) is 19.4 Å². The van der Waals surface area contributed by atoms with Crippen LogP contribution in [0.25, 0.3) is 21.0 Å². The summed E-state index contributed by atoms with van der Waals surface area (Å²) in [6.07, 6.45) is 0.321. The summed E-state index contributed by atoms with van der Waals surface area (Å²) in [5, 5.41) is 11.8. The van der Waals surface area contributed by atoms with E-state index in [4.69, 9.17) is 5.73 Å². The Morgan fingerprint density at radius 2 is 1.64 bits per heavy atom. The second-order valence-corrected chi connectivity index (χ2v) is 15.1. The summed E-state index contributed by atoms with van der Waals surface area (Å²) in [4.78, 5) is 63.7. The zero-order valence-electron chi connectivity index (χ0n) is 30.9. The Hall–Kier alpha value is -6.31. The van der Waals surface area contributed by atoms with Crippen LogP contribution in [-0.4, -0.2) is 80.4 Å². The van der Waals surface area contributed by atoms with Gasteiger partial charge in [-0.1, -0.05) is 109 Å². The van der Waals surface area contributed by atoms with Gasteiger partial charge in [0, 0.05) is 37.3 Å². The van der Waals surface area contributed by atoms with E-state index in [0.717, 1.165) is 37.7 Å². The predicted molar refractivity (Wildman–Crippen MR) is 218 cm³/mol. The van der Waals surface area contributed by atoms with Crippen LogP contribution in [0.5, 0.6) is 0 Å². The average Bonchev–Trinajstić information content (AvgIpc) is 3.76. The lowest BCUT2D eigenvalue weighted by atomic mass is 9.99. The highest BCUT2D eigenvalue weighted by Gasteiger charge is 2.52. The van der Waals surface area contributed by atoms with Crippen LogP contribution in [0, 0.1) is 0 Å². The van der Waals surface area contributed by atoms with Crippen molar-refractivity contribution in [3.8, 4) is 0 Å². The van der Waals surface area contributed by atoms with Crippen molar-refractivity contribution in [3.05, 3.63) is 138 Å². The number of para-hydroxylation sites is 1. The van der Waals surface area contributed by atoms with Gasteiger partial charge in [0.1, 0.15) is 12.2 Å². The maximum absolute atomic E-state index is 14.6.